The minimum absolute atomic E-state index is 0.234. The van der Waals surface area contributed by atoms with Crippen LogP contribution < -0.4 is 10.6 Å². The van der Waals surface area contributed by atoms with Crippen LogP contribution >= 0.6 is 11.8 Å². The molecule has 1 aliphatic carbocycles. The van der Waals surface area contributed by atoms with Crippen LogP contribution in [0.2, 0.25) is 0 Å². The number of nitrogens with one attached hydrogen (secondary N) is 2. The molecule has 1 aliphatic rings. The van der Waals surface area contributed by atoms with Gasteiger partial charge in [-0.15, -0.1) is 0 Å². The van der Waals surface area contributed by atoms with Crippen molar-refractivity contribution in [2.75, 3.05) is 12.8 Å². The summed E-state index contributed by atoms with van der Waals surface area (Å²) in [7, 11) is 0. The standard InChI is InChI=1S/C17H26N2O2S/c1-17(2,22-3)12-18-14-9-15(10-14)19-16(20)21-11-13-7-5-4-6-8-13/h4-8,14-15,18H,9-12H2,1-3H3,(H,19,20). The highest BCUT2D eigenvalue weighted by Gasteiger charge is 2.31. The van der Waals surface area contributed by atoms with Crippen molar-refractivity contribution in [3.05, 3.63) is 35.9 Å². The molecule has 0 spiro atoms. The molecule has 2 N–H and O–H groups in total. The Balaban J connectivity index is 1.58. The van der Waals surface area contributed by atoms with Crippen molar-refractivity contribution in [1.29, 1.82) is 0 Å². The fourth-order valence-electron chi connectivity index (χ4n) is 2.30. The molecule has 0 aromatic heterocycles. The van der Waals surface area contributed by atoms with Crippen LogP contribution in [-0.2, 0) is 11.3 Å². The van der Waals surface area contributed by atoms with E-state index < -0.39 is 0 Å². The second-order valence-electron chi connectivity index (χ2n) is 6.42. The van der Waals surface area contributed by atoms with E-state index in [9.17, 15) is 4.79 Å². The molecule has 5 heteroatoms. The second-order valence-corrected chi connectivity index (χ2v) is 7.93. The van der Waals surface area contributed by atoms with Crippen molar-refractivity contribution in [1.82, 2.24) is 10.6 Å². The third kappa shape index (κ3) is 5.54. The summed E-state index contributed by atoms with van der Waals surface area (Å²) >= 11 is 1.87. The monoisotopic (exact) mass is 322 g/mol. The van der Waals surface area contributed by atoms with E-state index in [-0.39, 0.29) is 16.9 Å². The molecule has 0 unspecified atom stereocenters. The first-order chi connectivity index (χ1) is 10.5. The first-order valence-electron chi connectivity index (χ1n) is 7.74. The van der Waals surface area contributed by atoms with Crippen LogP contribution in [0.4, 0.5) is 4.79 Å². The first-order valence-corrected chi connectivity index (χ1v) is 8.97. The van der Waals surface area contributed by atoms with Gasteiger partial charge in [0.15, 0.2) is 0 Å². The topological polar surface area (TPSA) is 50.4 Å². The molecule has 4 nitrogen and oxygen atoms in total. The lowest BCUT2D eigenvalue weighted by atomic mass is 9.86. The van der Waals surface area contributed by atoms with Crippen LogP contribution in [-0.4, -0.2) is 35.7 Å². The van der Waals surface area contributed by atoms with Gasteiger partial charge in [-0.2, -0.15) is 11.8 Å². The fraction of sp³-hybridized carbons (Fsp3) is 0.588. The summed E-state index contributed by atoms with van der Waals surface area (Å²) in [6, 6.07) is 10.5. The van der Waals surface area contributed by atoms with Gasteiger partial charge in [-0.05, 0) is 38.5 Å². The summed E-state index contributed by atoms with van der Waals surface area (Å²) in [5.41, 5.74) is 1.00. The zero-order chi connectivity index (χ0) is 16.0. The summed E-state index contributed by atoms with van der Waals surface area (Å²) < 4.78 is 5.48. The van der Waals surface area contributed by atoms with Gasteiger partial charge in [-0.3, -0.25) is 0 Å². The Labute approximate surface area is 137 Å². The number of carbonyl (C=O) groups excluding carboxylic acids is 1. The minimum Gasteiger partial charge on any atom is -0.445 e. The molecular weight excluding hydrogens is 296 g/mol. The highest BCUT2D eigenvalue weighted by atomic mass is 32.2. The summed E-state index contributed by atoms with van der Waals surface area (Å²) in [6.45, 7) is 5.78. The minimum atomic E-state index is -0.322. The van der Waals surface area contributed by atoms with Gasteiger partial charge >= 0.3 is 6.09 Å². The summed E-state index contributed by atoms with van der Waals surface area (Å²) in [4.78, 5) is 11.7. The zero-order valence-corrected chi connectivity index (χ0v) is 14.4. The number of ether oxygens (including phenoxy) is 1. The Morgan fingerprint density at radius 3 is 2.59 bits per heavy atom. The molecule has 1 aromatic rings. The molecule has 22 heavy (non-hydrogen) atoms. The molecule has 0 heterocycles. The van der Waals surface area contributed by atoms with Gasteiger partial charge in [0.25, 0.3) is 0 Å². The lowest BCUT2D eigenvalue weighted by Gasteiger charge is -2.38. The predicted molar refractivity (Wildman–Crippen MR) is 92.2 cm³/mol. The number of carbonyl (C=O) groups is 1. The van der Waals surface area contributed by atoms with Crippen LogP contribution in [0.1, 0.15) is 32.3 Å². The van der Waals surface area contributed by atoms with Crippen molar-refractivity contribution in [3.63, 3.8) is 0 Å². The fourth-order valence-corrected chi connectivity index (χ4v) is 2.52. The third-order valence-corrected chi connectivity index (χ3v) is 5.29. The molecule has 0 saturated heterocycles. The normalized spacial score (nSPS) is 21.0. The number of hydrogen-bond donors (Lipinski definition) is 2. The van der Waals surface area contributed by atoms with Crippen LogP contribution in [0, 0.1) is 0 Å². The number of alkyl carbamates (subject to hydrolysis) is 1. The Hall–Kier alpha value is -1.20. The van der Waals surface area contributed by atoms with Crippen LogP contribution in [0.15, 0.2) is 30.3 Å². The zero-order valence-electron chi connectivity index (χ0n) is 13.6. The molecule has 1 amide bonds. The van der Waals surface area contributed by atoms with E-state index in [0.717, 1.165) is 24.9 Å². The maximum Gasteiger partial charge on any atom is 0.407 e. The van der Waals surface area contributed by atoms with Gasteiger partial charge in [0, 0.05) is 23.4 Å². The molecular formula is C17H26N2O2S. The van der Waals surface area contributed by atoms with Gasteiger partial charge in [-0.25, -0.2) is 4.79 Å². The largest absolute Gasteiger partial charge is 0.445 e. The number of rotatable bonds is 7. The van der Waals surface area contributed by atoms with Gasteiger partial charge < -0.3 is 15.4 Å². The average molecular weight is 322 g/mol. The molecule has 122 valence electrons. The number of thioether (sulfide) groups is 1. The SMILES string of the molecule is CSC(C)(C)CNC1CC(NC(=O)OCc2ccccc2)C1. The quantitative estimate of drug-likeness (QED) is 0.809. The number of hydrogen-bond acceptors (Lipinski definition) is 4. The molecule has 1 aromatic carbocycles. The van der Waals surface area contributed by atoms with Gasteiger partial charge in [0.1, 0.15) is 6.61 Å². The molecule has 0 aliphatic heterocycles. The van der Waals surface area contributed by atoms with E-state index in [2.05, 4.69) is 30.7 Å². The maximum absolute atomic E-state index is 11.7. The molecule has 2 rings (SSSR count). The summed E-state index contributed by atoms with van der Waals surface area (Å²) in [5, 5.41) is 6.48. The van der Waals surface area contributed by atoms with E-state index in [4.69, 9.17) is 4.74 Å². The Morgan fingerprint density at radius 2 is 1.95 bits per heavy atom. The first kappa shape index (κ1) is 17.2. The van der Waals surface area contributed by atoms with Crippen molar-refractivity contribution < 1.29 is 9.53 Å². The van der Waals surface area contributed by atoms with E-state index in [1.165, 1.54) is 0 Å². The van der Waals surface area contributed by atoms with Crippen molar-refractivity contribution >= 4 is 17.9 Å². The Bertz CT molecular complexity index is 473. The van der Waals surface area contributed by atoms with E-state index in [0.29, 0.717) is 12.6 Å². The lowest BCUT2D eigenvalue weighted by molar-refractivity contribution is 0.125. The summed E-state index contributed by atoms with van der Waals surface area (Å²) in [6.07, 6.45) is 3.77. The molecule has 1 fully saturated rings. The van der Waals surface area contributed by atoms with Crippen molar-refractivity contribution in [2.24, 2.45) is 0 Å². The lowest BCUT2D eigenvalue weighted by Crippen LogP contribution is -2.54. The van der Waals surface area contributed by atoms with Gasteiger partial charge in [0.2, 0.25) is 0 Å². The molecule has 0 atom stereocenters. The van der Waals surface area contributed by atoms with Crippen molar-refractivity contribution in [3.8, 4) is 0 Å². The highest BCUT2D eigenvalue weighted by molar-refractivity contribution is 7.99. The third-order valence-electron chi connectivity index (χ3n) is 4.04. The highest BCUT2D eigenvalue weighted by Crippen LogP contribution is 2.24. The van der Waals surface area contributed by atoms with Gasteiger partial charge in [0.05, 0.1) is 0 Å². The predicted octanol–water partition coefficient (Wildman–Crippen LogP) is 3.18. The second kappa shape index (κ2) is 7.88. The number of amides is 1. The maximum atomic E-state index is 11.7. The van der Waals surface area contributed by atoms with E-state index >= 15 is 0 Å². The van der Waals surface area contributed by atoms with E-state index in [1.54, 1.807) is 0 Å². The molecule has 1 saturated carbocycles. The Kier molecular flexibility index (Phi) is 6.15. The van der Waals surface area contributed by atoms with E-state index in [1.807, 2.05) is 42.1 Å². The molecule has 0 bridgehead atoms. The van der Waals surface area contributed by atoms with Gasteiger partial charge in [-0.1, -0.05) is 30.3 Å². The van der Waals surface area contributed by atoms with Crippen LogP contribution in [0.5, 0.6) is 0 Å². The number of benzene rings is 1. The smallest absolute Gasteiger partial charge is 0.407 e. The summed E-state index contributed by atoms with van der Waals surface area (Å²) in [5.74, 6) is 0. The molecule has 0 radical (unpaired) electrons. The van der Waals surface area contributed by atoms with Crippen molar-refractivity contribution in [2.45, 2.75) is 50.1 Å². The van der Waals surface area contributed by atoms with Crippen LogP contribution in [0.25, 0.3) is 0 Å². The van der Waals surface area contributed by atoms with Crippen LogP contribution in [0.3, 0.4) is 0 Å². The average Bonchev–Trinajstić information content (AvgIpc) is 2.48. The Morgan fingerprint density at radius 1 is 1.27 bits per heavy atom.